The molecule has 2 aliphatic rings. The number of carboxylic acid groups (broad SMARTS) is 1. The van der Waals surface area contributed by atoms with E-state index in [9.17, 15) is 9.90 Å². The van der Waals surface area contributed by atoms with Crippen molar-refractivity contribution < 1.29 is 9.90 Å². The summed E-state index contributed by atoms with van der Waals surface area (Å²) in [7, 11) is 0. The van der Waals surface area contributed by atoms with E-state index in [1.54, 1.807) is 6.07 Å². The van der Waals surface area contributed by atoms with Gasteiger partial charge in [0, 0.05) is 17.6 Å². The Morgan fingerprint density at radius 2 is 2.24 bits per heavy atom. The summed E-state index contributed by atoms with van der Waals surface area (Å²) in [6, 6.07) is 3.65. The van der Waals surface area contributed by atoms with Crippen molar-refractivity contribution in [3.05, 3.63) is 47.1 Å². The molecule has 0 saturated heterocycles. The molecule has 0 radical (unpaired) electrons. The van der Waals surface area contributed by atoms with Crippen LogP contribution >= 0.6 is 0 Å². The number of aliphatic imine (C=N–C) groups is 1. The number of hydrogen-bond donors (Lipinski definition) is 1. The molecule has 3 rings (SSSR count). The molecule has 0 amide bonds. The predicted octanol–water partition coefficient (Wildman–Crippen LogP) is 3.12. The zero-order valence-corrected chi connectivity index (χ0v) is 9.40. The molecule has 0 spiro atoms. The van der Waals surface area contributed by atoms with Gasteiger partial charge in [0.1, 0.15) is 0 Å². The molecule has 1 heterocycles. The maximum Gasteiger partial charge on any atom is 0.336 e. The molecule has 84 valence electrons. The second-order valence-corrected chi connectivity index (χ2v) is 4.28. The van der Waals surface area contributed by atoms with Crippen molar-refractivity contribution in [2.45, 2.75) is 13.3 Å². The van der Waals surface area contributed by atoms with Gasteiger partial charge in [-0.15, -0.1) is 0 Å². The fraction of sp³-hybridized carbons (Fsp3) is 0.143. The van der Waals surface area contributed by atoms with Crippen molar-refractivity contribution in [2.75, 3.05) is 0 Å². The second-order valence-electron chi connectivity index (χ2n) is 4.28. The molecule has 1 N–H and O–H groups in total. The summed E-state index contributed by atoms with van der Waals surface area (Å²) in [6.07, 6.45) is 6.70. The average molecular weight is 225 g/mol. The SMILES string of the molecule is Cc1cc2c(c(C(=O)O)c1)C1=CC=CCC1=N2. The van der Waals surface area contributed by atoms with Crippen LogP contribution in [0.2, 0.25) is 0 Å². The van der Waals surface area contributed by atoms with Crippen molar-refractivity contribution in [2.24, 2.45) is 4.99 Å². The van der Waals surface area contributed by atoms with Gasteiger partial charge in [-0.05, 0) is 24.6 Å². The van der Waals surface area contributed by atoms with E-state index in [1.165, 1.54) is 0 Å². The lowest BCUT2D eigenvalue weighted by atomic mass is 9.92. The smallest absolute Gasteiger partial charge is 0.336 e. The number of rotatable bonds is 1. The topological polar surface area (TPSA) is 49.7 Å². The normalized spacial score (nSPS) is 16.1. The maximum absolute atomic E-state index is 11.3. The molecule has 3 heteroatoms. The summed E-state index contributed by atoms with van der Waals surface area (Å²) in [5, 5.41) is 9.27. The van der Waals surface area contributed by atoms with Gasteiger partial charge in [0.2, 0.25) is 0 Å². The fourth-order valence-corrected chi connectivity index (χ4v) is 2.34. The highest BCUT2D eigenvalue weighted by Crippen LogP contribution is 2.40. The van der Waals surface area contributed by atoms with Crippen LogP contribution in [0.5, 0.6) is 0 Å². The Labute approximate surface area is 98.8 Å². The van der Waals surface area contributed by atoms with Gasteiger partial charge < -0.3 is 5.11 Å². The monoisotopic (exact) mass is 225 g/mol. The first kappa shape index (κ1) is 10.0. The van der Waals surface area contributed by atoms with Crippen molar-refractivity contribution in [1.82, 2.24) is 0 Å². The average Bonchev–Trinajstić information content (AvgIpc) is 2.65. The van der Waals surface area contributed by atoms with Crippen molar-refractivity contribution >= 4 is 22.9 Å². The molecule has 0 aromatic heterocycles. The molecular formula is C14H11NO2. The minimum Gasteiger partial charge on any atom is -0.478 e. The number of fused-ring (bicyclic) bond motifs is 3. The highest BCUT2D eigenvalue weighted by molar-refractivity contribution is 6.31. The lowest BCUT2D eigenvalue weighted by Crippen LogP contribution is -2.05. The van der Waals surface area contributed by atoms with Gasteiger partial charge in [-0.2, -0.15) is 0 Å². The quantitative estimate of drug-likeness (QED) is 0.798. The molecule has 1 aromatic rings. The third kappa shape index (κ3) is 1.43. The molecule has 1 aliphatic carbocycles. The highest BCUT2D eigenvalue weighted by atomic mass is 16.4. The number of aromatic carboxylic acids is 1. The lowest BCUT2D eigenvalue weighted by molar-refractivity contribution is 0.0696. The van der Waals surface area contributed by atoms with Gasteiger partial charge in [0.05, 0.1) is 17.0 Å². The van der Waals surface area contributed by atoms with E-state index >= 15 is 0 Å². The van der Waals surface area contributed by atoms with Crippen LogP contribution in [0.1, 0.15) is 27.9 Å². The van der Waals surface area contributed by atoms with Crippen molar-refractivity contribution in [1.29, 1.82) is 0 Å². The third-order valence-electron chi connectivity index (χ3n) is 3.04. The molecule has 0 fully saturated rings. The summed E-state index contributed by atoms with van der Waals surface area (Å²) < 4.78 is 0. The van der Waals surface area contributed by atoms with Gasteiger partial charge in [0.25, 0.3) is 0 Å². The standard InChI is InChI=1S/C14H11NO2/c1-8-6-10(14(16)17)13-9-4-2-3-5-11(9)15-12(13)7-8/h2-4,6-7H,5H2,1H3,(H,16,17). The van der Waals surface area contributed by atoms with Crippen LogP contribution in [0.25, 0.3) is 5.57 Å². The molecule has 3 nitrogen and oxygen atoms in total. The molecular weight excluding hydrogens is 214 g/mol. The first-order valence-corrected chi connectivity index (χ1v) is 5.50. The Bertz CT molecular complexity index is 621. The Morgan fingerprint density at radius 1 is 1.41 bits per heavy atom. The van der Waals surface area contributed by atoms with E-state index in [2.05, 4.69) is 4.99 Å². The first-order valence-electron chi connectivity index (χ1n) is 5.50. The molecule has 0 atom stereocenters. The lowest BCUT2D eigenvalue weighted by Gasteiger charge is -2.09. The van der Waals surface area contributed by atoms with E-state index in [1.807, 2.05) is 31.2 Å². The van der Waals surface area contributed by atoms with E-state index in [4.69, 9.17) is 0 Å². The Kier molecular flexibility index (Phi) is 2.01. The molecule has 0 bridgehead atoms. The minimum atomic E-state index is -0.892. The van der Waals surface area contributed by atoms with Crippen LogP contribution in [0.15, 0.2) is 35.4 Å². The number of aryl methyl sites for hydroxylation is 1. The summed E-state index contributed by atoms with van der Waals surface area (Å²) >= 11 is 0. The number of carboxylic acids is 1. The van der Waals surface area contributed by atoms with Crippen LogP contribution in [-0.2, 0) is 0 Å². The van der Waals surface area contributed by atoms with Gasteiger partial charge in [0.15, 0.2) is 0 Å². The van der Waals surface area contributed by atoms with E-state index in [0.717, 1.165) is 34.5 Å². The van der Waals surface area contributed by atoms with Gasteiger partial charge in [-0.1, -0.05) is 18.2 Å². The number of hydrogen-bond acceptors (Lipinski definition) is 2. The zero-order chi connectivity index (χ0) is 12.0. The summed E-state index contributed by atoms with van der Waals surface area (Å²) in [6.45, 7) is 1.89. The van der Waals surface area contributed by atoms with E-state index in [0.29, 0.717) is 5.56 Å². The summed E-state index contributed by atoms with van der Waals surface area (Å²) in [5.74, 6) is -0.892. The van der Waals surface area contributed by atoms with Crippen LogP contribution < -0.4 is 0 Å². The van der Waals surface area contributed by atoms with Crippen LogP contribution in [0, 0.1) is 6.92 Å². The van der Waals surface area contributed by atoms with E-state index < -0.39 is 5.97 Å². The van der Waals surface area contributed by atoms with E-state index in [-0.39, 0.29) is 0 Å². The number of benzene rings is 1. The van der Waals surface area contributed by atoms with Crippen molar-refractivity contribution in [3.63, 3.8) is 0 Å². The number of nitrogens with zero attached hydrogens (tertiary/aromatic N) is 1. The van der Waals surface area contributed by atoms with Crippen LogP contribution in [-0.4, -0.2) is 16.8 Å². The minimum absolute atomic E-state index is 0.348. The molecule has 1 aromatic carbocycles. The number of allylic oxidation sites excluding steroid dienone is 4. The molecule has 1 aliphatic heterocycles. The number of carbonyl (C=O) groups is 1. The summed E-state index contributed by atoms with van der Waals surface area (Å²) in [5.41, 5.74) is 4.75. The highest BCUT2D eigenvalue weighted by Gasteiger charge is 2.26. The van der Waals surface area contributed by atoms with Gasteiger partial charge >= 0.3 is 5.97 Å². The Balaban J connectivity index is 2.30. The van der Waals surface area contributed by atoms with Gasteiger partial charge in [-0.25, -0.2) is 4.79 Å². The predicted molar refractivity (Wildman–Crippen MR) is 67.0 cm³/mol. The molecule has 0 unspecified atom stereocenters. The van der Waals surface area contributed by atoms with Crippen LogP contribution in [0.3, 0.4) is 0 Å². The largest absolute Gasteiger partial charge is 0.478 e. The third-order valence-corrected chi connectivity index (χ3v) is 3.04. The summed E-state index contributed by atoms with van der Waals surface area (Å²) in [4.78, 5) is 15.8. The molecule has 0 saturated carbocycles. The van der Waals surface area contributed by atoms with Crippen LogP contribution in [0.4, 0.5) is 5.69 Å². The second kappa shape index (κ2) is 3.42. The maximum atomic E-state index is 11.3. The fourth-order valence-electron chi connectivity index (χ4n) is 2.34. The van der Waals surface area contributed by atoms with Gasteiger partial charge in [-0.3, -0.25) is 4.99 Å². The molecule has 17 heavy (non-hydrogen) atoms. The van der Waals surface area contributed by atoms with Crippen molar-refractivity contribution in [3.8, 4) is 0 Å². The Morgan fingerprint density at radius 3 is 3.00 bits per heavy atom. The first-order chi connectivity index (χ1) is 8.16. The zero-order valence-electron chi connectivity index (χ0n) is 9.40. The Hall–Kier alpha value is -2.16.